The number of hydrogen-bond acceptors (Lipinski definition) is 15. The van der Waals surface area contributed by atoms with Crippen molar-refractivity contribution in [3.8, 4) is 33.8 Å². The summed E-state index contributed by atoms with van der Waals surface area (Å²) in [6.45, 7) is 17.8. The maximum atomic E-state index is 15.3. The zero-order chi connectivity index (χ0) is 61.0. The third-order valence-corrected chi connectivity index (χ3v) is 13.2. The highest BCUT2D eigenvalue weighted by atomic mass is 35.5. The Hall–Kier alpha value is -7.93. The molecule has 19 nitrogen and oxygen atoms in total. The van der Waals surface area contributed by atoms with Gasteiger partial charge in [0, 0.05) is 72.3 Å². The van der Waals surface area contributed by atoms with Gasteiger partial charge in [-0.3, -0.25) is 28.8 Å². The molecule has 0 aromatic heterocycles. The van der Waals surface area contributed by atoms with E-state index in [0.29, 0.717) is 29.0 Å². The number of amides is 3. The number of nitrogens with one attached hydrogen (secondary N) is 2. The van der Waals surface area contributed by atoms with E-state index in [9.17, 15) is 43.5 Å². The van der Waals surface area contributed by atoms with Gasteiger partial charge < -0.3 is 44.3 Å². The minimum Gasteiger partial charge on any atom is -0.475 e. The third-order valence-electron chi connectivity index (χ3n) is 12.9. The summed E-state index contributed by atoms with van der Waals surface area (Å²) in [7, 11) is 1.39. The minimum absolute atomic E-state index is 0.0198. The molecule has 4 bridgehead atoms. The largest absolute Gasteiger partial charge is 0.514 e. The fourth-order valence-corrected chi connectivity index (χ4v) is 9.12. The van der Waals surface area contributed by atoms with Gasteiger partial charge in [-0.05, 0) is 140 Å². The number of likely N-dealkylation sites (N-methyl/N-ethyl adjacent to an activating group) is 1. The lowest BCUT2D eigenvalue weighted by atomic mass is 9.87. The van der Waals surface area contributed by atoms with Gasteiger partial charge in [0.1, 0.15) is 34.3 Å². The number of carbonyl (C=O) groups is 10. The topological polar surface area (TPSA) is 264 Å². The number of ketones is 4. The zero-order valence-corrected chi connectivity index (χ0v) is 49.3. The highest BCUT2D eigenvalue weighted by molar-refractivity contribution is 6.33. The van der Waals surface area contributed by atoms with Gasteiger partial charge in [-0.25, -0.2) is 19.2 Å². The molecule has 0 saturated heterocycles. The molecule has 0 fully saturated rings. The third kappa shape index (κ3) is 19.4. The van der Waals surface area contributed by atoms with Crippen LogP contribution in [-0.4, -0.2) is 106 Å². The van der Waals surface area contributed by atoms with Crippen molar-refractivity contribution in [3.63, 3.8) is 0 Å². The molecular weight excluding hydrogens is 1080 g/mol. The molecule has 3 N–H and O–H groups in total. The molecule has 5 atom stereocenters. The summed E-state index contributed by atoms with van der Waals surface area (Å²) in [5.74, 6) is -9.96. The first-order valence-electron chi connectivity index (χ1n) is 27.0. The van der Waals surface area contributed by atoms with E-state index < -0.39 is 113 Å². The van der Waals surface area contributed by atoms with E-state index in [-0.39, 0.29) is 59.8 Å². The van der Waals surface area contributed by atoms with Gasteiger partial charge in [0.05, 0.1) is 6.04 Å². The van der Waals surface area contributed by atoms with Crippen LogP contribution >= 0.6 is 11.6 Å². The number of fused-ring (bicyclic) bond motifs is 5. The fourth-order valence-electron chi connectivity index (χ4n) is 9.00. The number of aliphatic carboxylic acids is 1. The summed E-state index contributed by atoms with van der Waals surface area (Å²) in [5.41, 5.74) is -0.287. The second kappa shape index (κ2) is 27.7. The SMILES string of the molecule is C[C@@H]1CC(=O)[C@@H](N(C)C(=O)[C@H](CCCCNC(=O)OC(C)(C)C)CC(=O)c2ccc(-c3ccc(Cl)cc3)cc2)c2ccc(OC(=O)OC(C)(C)C)c(c2)-c2cc(ccc2OC(=O)OC(C)(C)C)C[C@@H](C(=O)C[C@@H](C)C(=O)C(=O)O)NC1=O. The fraction of sp³-hybridized carbons (Fsp3) is 0.452. The molecule has 3 amide bonds. The van der Waals surface area contributed by atoms with Crippen LogP contribution < -0.4 is 20.1 Å². The summed E-state index contributed by atoms with van der Waals surface area (Å²) in [4.78, 5) is 138. The average molecular weight is 1150 g/mol. The molecule has 440 valence electrons. The van der Waals surface area contributed by atoms with Gasteiger partial charge in [0.2, 0.25) is 17.6 Å². The molecule has 20 heteroatoms. The average Bonchev–Trinajstić information content (AvgIpc) is 3.56. The Kier molecular flexibility index (Phi) is 21.9. The van der Waals surface area contributed by atoms with E-state index in [0.717, 1.165) is 11.1 Å². The van der Waals surface area contributed by atoms with Crippen LogP contribution in [0, 0.1) is 17.8 Å². The number of carboxylic acid groups (broad SMARTS) is 1. The summed E-state index contributed by atoms with van der Waals surface area (Å²) >= 11 is 6.12. The number of carbonyl (C=O) groups excluding carboxylic acids is 9. The number of benzene rings is 4. The number of Topliss-reactive ketones (excluding diaryl/α,β-unsaturated/α-hetero) is 4. The normalized spacial score (nSPS) is 16.4. The van der Waals surface area contributed by atoms with Crippen LogP contribution in [0.5, 0.6) is 11.5 Å². The molecule has 1 aliphatic heterocycles. The summed E-state index contributed by atoms with van der Waals surface area (Å²) in [5, 5.41) is 15.4. The zero-order valence-electron chi connectivity index (χ0n) is 48.5. The number of rotatable bonds is 18. The number of ether oxygens (including phenoxy) is 5. The number of nitrogens with zero attached hydrogens (tertiary/aromatic N) is 1. The van der Waals surface area contributed by atoms with Crippen molar-refractivity contribution in [2.45, 2.75) is 150 Å². The molecule has 0 unspecified atom stereocenters. The van der Waals surface area contributed by atoms with E-state index in [4.69, 9.17) is 35.3 Å². The van der Waals surface area contributed by atoms with Crippen molar-refractivity contribution >= 4 is 70.9 Å². The molecule has 0 aliphatic carbocycles. The quantitative estimate of drug-likeness (QED) is 0.0209. The molecule has 1 heterocycles. The predicted molar refractivity (Wildman–Crippen MR) is 304 cm³/mol. The molecule has 82 heavy (non-hydrogen) atoms. The molecule has 0 saturated carbocycles. The first kappa shape index (κ1) is 64.9. The van der Waals surface area contributed by atoms with Crippen LogP contribution in [-0.2, 0) is 49.4 Å². The first-order valence-corrected chi connectivity index (χ1v) is 27.4. The van der Waals surface area contributed by atoms with Crippen LogP contribution in [0.4, 0.5) is 14.4 Å². The van der Waals surface area contributed by atoms with E-state index in [1.165, 1.54) is 62.2 Å². The van der Waals surface area contributed by atoms with Crippen LogP contribution in [0.25, 0.3) is 22.3 Å². The lowest BCUT2D eigenvalue weighted by Gasteiger charge is -2.32. The van der Waals surface area contributed by atoms with Crippen LogP contribution in [0.2, 0.25) is 5.02 Å². The Bertz CT molecular complexity index is 3040. The predicted octanol–water partition coefficient (Wildman–Crippen LogP) is 11.3. The smallest absolute Gasteiger partial charge is 0.475 e. The molecule has 5 rings (SSSR count). The van der Waals surface area contributed by atoms with Crippen molar-refractivity contribution in [2.24, 2.45) is 17.8 Å². The van der Waals surface area contributed by atoms with Crippen LogP contribution in [0.3, 0.4) is 0 Å². The number of hydrogen-bond donors (Lipinski definition) is 3. The van der Waals surface area contributed by atoms with E-state index in [2.05, 4.69) is 10.6 Å². The molecular formula is C62H74ClN3O16. The Morgan fingerprint density at radius 3 is 1.79 bits per heavy atom. The lowest BCUT2D eigenvalue weighted by molar-refractivity contribution is -0.151. The van der Waals surface area contributed by atoms with Gasteiger partial charge in [-0.2, -0.15) is 0 Å². The van der Waals surface area contributed by atoms with Crippen LogP contribution in [0.1, 0.15) is 142 Å². The number of alkyl carbamates (subject to hydrolysis) is 1. The second-order valence-electron chi connectivity index (χ2n) is 23.5. The Morgan fingerprint density at radius 1 is 0.707 bits per heavy atom. The first-order chi connectivity index (χ1) is 38.2. The highest BCUT2D eigenvalue weighted by Gasteiger charge is 2.37. The van der Waals surface area contributed by atoms with Gasteiger partial charge in [-0.1, -0.05) is 80.4 Å². The van der Waals surface area contributed by atoms with Crippen molar-refractivity contribution in [3.05, 3.63) is 107 Å². The maximum absolute atomic E-state index is 15.3. The molecule has 4 aromatic rings. The minimum atomic E-state index is -1.75. The van der Waals surface area contributed by atoms with Crippen molar-refractivity contribution in [1.82, 2.24) is 15.5 Å². The Labute approximate surface area is 483 Å². The summed E-state index contributed by atoms with van der Waals surface area (Å²) in [6, 6.07) is 19.7. The standard InChI is InChI=1S/C62H74ClN3O16/c1-35(53(70)56(73)74)29-48(68)46-32-37-16-26-50(78-58(76)81-61(6,7)8)44(31-37)45-33-41(23-27-51(45)79-59(77)82-62(9,10)11)52(49(69)30-36(2)54(71)65-46)66(12)55(72)42(15-13-14-28-64-57(75)80-60(3,4)5)34-47(67)40-19-17-38(18-20-40)39-21-24-43(63)25-22-39/h16-27,31,33,35-36,42,46,52H,13-15,28-30,32,34H2,1-12H3,(H,64,75)(H,65,71)(H,73,74)/t35-,36-,42-,46+,52+/m1/s1. The summed E-state index contributed by atoms with van der Waals surface area (Å²) in [6.07, 6.45) is -3.75. The molecule has 1 aliphatic rings. The lowest BCUT2D eigenvalue weighted by Crippen LogP contribution is -2.46. The molecule has 0 spiro atoms. The Balaban J connectivity index is 1.67. The monoisotopic (exact) mass is 1150 g/mol. The second-order valence-corrected chi connectivity index (χ2v) is 23.9. The van der Waals surface area contributed by atoms with E-state index in [1.807, 2.05) is 12.1 Å². The van der Waals surface area contributed by atoms with Crippen molar-refractivity contribution in [1.29, 1.82) is 0 Å². The number of unbranched alkanes of at least 4 members (excludes halogenated alkanes) is 1. The van der Waals surface area contributed by atoms with E-state index >= 15 is 9.59 Å². The van der Waals surface area contributed by atoms with Gasteiger partial charge in [0.15, 0.2) is 17.3 Å². The maximum Gasteiger partial charge on any atom is 0.514 e. The van der Waals surface area contributed by atoms with Crippen molar-refractivity contribution < 1.29 is 76.7 Å². The van der Waals surface area contributed by atoms with E-state index in [1.54, 1.807) is 98.7 Å². The van der Waals surface area contributed by atoms with Gasteiger partial charge in [0.25, 0.3) is 0 Å². The Morgan fingerprint density at radius 2 is 1.24 bits per heavy atom. The summed E-state index contributed by atoms with van der Waals surface area (Å²) < 4.78 is 28.1. The molecule has 0 radical (unpaired) electrons. The molecule has 4 aromatic carbocycles. The van der Waals surface area contributed by atoms with Crippen LogP contribution in [0.15, 0.2) is 84.9 Å². The van der Waals surface area contributed by atoms with Gasteiger partial charge >= 0.3 is 24.4 Å². The van der Waals surface area contributed by atoms with Gasteiger partial charge in [-0.15, -0.1) is 0 Å². The van der Waals surface area contributed by atoms with Crippen molar-refractivity contribution in [2.75, 3.05) is 13.6 Å². The number of carboxylic acids is 1. The number of halogens is 1. The highest BCUT2D eigenvalue weighted by Crippen LogP contribution is 2.42.